The van der Waals surface area contributed by atoms with Crippen molar-refractivity contribution in [3.8, 4) is 5.75 Å². The minimum Gasteiger partial charge on any atom is -0.494 e. The van der Waals surface area contributed by atoms with E-state index in [1.54, 1.807) is 30.3 Å². The van der Waals surface area contributed by atoms with Crippen LogP contribution in [0, 0.1) is 0 Å². The number of benzene rings is 3. The lowest BCUT2D eigenvalue weighted by atomic mass is 10.1. The molecule has 0 radical (unpaired) electrons. The molecule has 0 spiro atoms. The molecular weight excluding hydrogens is 433 g/mol. The second-order valence-corrected chi connectivity index (χ2v) is 6.94. The van der Waals surface area contributed by atoms with Gasteiger partial charge in [0.1, 0.15) is 5.75 Å². The van der Waals surface area contributed by atoms with Crippen molar-refractivity contribution in [3.05, 3.63) is 95.6 Å². The number of rotatable bonds is 7. The van der Waals surface area contributed by atoms with Crippen LogP contribution in [0.15, 0.2) is 78.9 Å². The number of anilines is 2. The van der Waals surface area contributed by atoms with Crippen molar-refractivity contribution in [2.24, 2.45) is 0 Å². The summed E-state index contributed by atoms with van der Waals surface area (Å²) in [6, 6.07) is 17.7. The average Bonchev–Trinajstić information content (AvgIpc) is 2.78. The van der Waals surface area contributed by atoms with E-state index < -0.39 is 23.6 Å². The van der Waals surface area contributed by atoms with Gasteiger partial charge < -0.3 is 15.4 Å². The summed E-state index contributed by atoms with van der Waals surface area (Å²) >= 11 is 0. The summed E-state index contributed by atoms with van der Waals surface area (Å²) in [5.74, 6) is -0.269. The van der Waals surface area contributed by atoms with Crippen LogP contribution in [0.4, 0.5) is 24.5 Å². The van der Waals surface area contributed by atoms with E-state index >= 15 is 0 Å². The van der Waals surface area contributed by atoms with Crippen molar-refractivity contribution < 1.29 is 27.5 Å². The molecule has 0 saturated heterocycles. The van der Waals surface area contributed by atoms with Crippen molar-refractivity contribution in [2.75, 3.05) is 17.2 Å². The molecule has 8 heteroatoms. The zero-order chi connectivity index (χ0) is 23.8. The summed E-state index contributed by atoms with van der Waals surface area (Å²) in [6.45, 7) is 2.46. The largest absolute Gasteiger partial charge is 0.494 e. The molecule has 0 aliphatic heterocycles. The summed E-state index contributed by atoms with van der Waals surface area (Å²) in [6.07, 6.45) is -1.52. The van der Waals surface area contributed by atoms with Gasteiger partial charge in [-0.05, 0) is 67.1 Å². The zero-order valence-corrected chi connectivity index (χ0v) is 17.6. The maximum absolute atomic E-state index is 12.9. The van der Waals surface area contributed by atoms with Gasteiger partial charge in [0.15, 0.2) is 0 Å². The van der Waals surface area contributed by atoms with E-state index in [0.717, 1.165) is 23.4 Å². The van der Waals surface area contributed by atoms with E-state index in [1.807, 2.05) is 19.1 Å². The number of ether oxygens (including phenoxy) is 1. The van der Waals surface area contributed by atoms with Crippen LogP contribution in [0.1, 0.15) is 28.4 Å². The lowest BCUT2D eigenvalue weighted by Crippen LogP contribution is -2.14. The second-order valence-electron chi connectivity index (χ2n) is 6.94. The summed E-state index contributed by atoms with van der Waals surface area (Å²) in [5.41, 5.74) is 0.514. The number of carbonyl (C=O) groups is 2. The molecule has 0 aromatic heterocycles. The Labute approximate surface area is 188 Å². The van der Waals surface area contributed by atoms with Crippen LogP contribution < -0.4 is 15.4 Å². The molecule has 0 saturated carbocycles. The fourth-order valence-electron chi connectivity index (χ4n) is 2.91. The Hall–Kier alpha value is -4.07. The highest BCUT2D eigenvalue weighted by Crippen LogP contribution is 2.30. The highest BCUT2D eigenvalue weighted by molar-refractivity contribution is 6.06. The number of carbonyl (C=O) groups excluding carboxylic acids is 2. The molecule has 170 valence electrons. The van der Waals surface area contributed by atoms with Crippen molar-refractivity contribution >= 4 is 29.3 Å². The number of hydrogen-bond donors (Lipinski definition) is 2. The zero-order valence-electron chi connectivity index (χ0n) is 17.6. The maximum atomic E-state index is 12.9. The predicted octanol–water partition coefficient (Wildman–Crippen LogP) is 6.01. The third-order valence-corrected chi connectivity index (χ3v) is 4.46. The van der Waals surface area contributed by atoms with Gasteiger partial charge in [-0.15, -0.1) is 0 Å². The Morgan fingerprint density at radius 1 is 0.909 bits per heavy atom. The molecule has 0 fully saturated rings. The highest BCUT2D eigenvalue weighted by atomic mass is 19.4. The van der Waals surface area contributed by atoms with Gasteiger partial charge in [0.25, 0.3) is 5.91 Å². The van der Waals surface area contributed by atoms with Crippen LogP contribution in [0.25, 0.3) is 6.08 Å². The maximum Gasteiger partial charge on any atom is 0.416 e. The number of amides is 2. The van der Waals surface area contributed by atoms with Crippen LogP contribution in [-0.4, -0.2) is 18.4 Å². The van der Waals surface area contributed by atoms with Gasteiger partial charge in [-0.2, -0.15) is 13.2 Å². The average molecular weight is 454 g/mol. The van der Waals surface area contributed by atoms with E-state index in [2.05, 4.69) is 10.6 Å². The van der Waals surface area contributed by atoms with Crippen molar-refractivity contribution in [1.29, 1.82) is 0 Å². The van der Waals surface area contributed by atoms with Gasteiger partial charge in [0.2, 0.25) is 5.91 Å². The van der Waals surface area contributed by atoms with Crippen LogP contribution in [-0.2, 0) is 11.0 Å². The fourth-order valence-corrected chi connectivity index (χ4v) is 2.91. The van der Waals surface area contributed by atoms with Crippen LogP contribution >= 0.6 is 0 Å². The van der Waals surface area contributed by atoms with Crippen molar-refractivity contribution in [1.82, 2.24) is 0 Å². The number of alkyl halides is 3. The van der Waals surface area contributed by atoms with Gasteiger partial charge in [-0.3, -0.25) is 9.59 Å². The van der Waals surface area contributed by atoms with E-state index in [0.29, 0.717) is 12.3 Å². The standard InChI is InChI=1S/C25H21F3N2O3/c1-2-33-22-12-9-17(10-13-22)11-14-23(31)29-20-7-3-5-18(15-20)24(32)30-21-8-4-6-19(16-21)25(26,27)28/h3-16H,2H2,1H3,(H,29,31)(H,30,32)/b14-11+. The molecule has 33 heavy (non-hydrogen) atoms. The first-order valence-electron chi connectivity index (χ1n) is 10.0. The third-order valence-electron chi connectivity index (χ3n) is 4.46. The molecule has 5 nitrogen and oxygen atoms in total. The normalized spacial score (nSPS) is 11.3. The summed E-state index contributed by atoms with van der Waals surface area (Å²) < 4.78 is 43.9. The Kier molecular flexibility index (Phi) is 7.50. The minimum atomic E-state index is -4.51. The van der Waals surface area contributed by atoms with E-state index in [1.165, 1.54) is 30.3 Å². The minimum absolute atomic E-state index is 0.0163. The van der Waals surface area contributed by atoms with Gasteiger partial charge >= 0.3 is 6.18 Å². The Morgan fingerprint density at radius 2 is 1.58 bits per heavy atom. The molecule has 3 aromatic carbocycles. The molecule has 0 unspecified atom stereocenters. The number of nitrogens with one attached hydrogen (secondary N) is 2. The van der Waals surface area contributed by atoms with Gasteiger partial charge in [0.05, 0.1) is 12.2 Å². The molecule has 0 atom stereocenters. The van der Waals surface area contributed by atoms with Gasteiger partial charge in [0, 0.05) is 23.0 Å². The molecule has 0 aliphatic rings. The van der Waals surface area contributed by atoms with Crippen molar-refractivity contribution in [2.45, 2.75) is 13.1 Å². The lowest BCUT2D eigenvalue weighted by Gasteiger charge is -2.10. The van der Waals surface area contributed by atoms with Gasteiger partial charge in [-0.1, -0.05) is 24.3 Å². The second kappa shape index (κ2) is 10.5. The highest BCUT2D eigenvalue weighted by Gasteiger charge is 2.30. The van der Waals surface area contributed by atoms with Crippen LogP contribution in [0.3, 0.4) is 0 Å². The topological polar surface area (TPSA) is 67.4 Å². The van der Waals surface area contributed by atoms with Crippen molar-refractivity contribution in [3.63, 3.8) is 0 Å². The number of halogens is 3. The third kappa shape index (κ3) is 6.96. The monoisotopic (exact) mass is 454 g/mol. The summed E-state index contributed by atoms with van der Waals surface area (Å²) in [7, 11) is 0. The molecule has 0 aliphatic carbocycles. The molecule has 0 heterocycles. The first kappa shape index (κ1) is 23.6. The Balaban J connectivity index is 1.63. The SMILES string of the molecule is CCOc1ccc(/C=C/C(=O)Nc2cccc(C(=O)Nc3cccc(C(F)(F)F)c3)c2)cc1. The molecule has 2 N–H and O–H groups in total. The first-order chi connectivity index (χ1) is 15.7. The predicted molar refractivity (Wildman–Crippen MR) is 121 cm³/mol. The Bertz CT molecular complexity index is 1160. The van der Waals surface area contributed by atoms with Crippen LogP contribution in [0.5, 0.6) is 5.75 Å². The molecule has 3 aromatic rings. The van der Waals surface area contributed by atoms with E-state index in [4.69, 9.17) is 4.74 Å². The first-order valence-corrected chi connectivity index (χ1v) is 10.0. The molecule has 2 amide bonds. The fraction of sp³-hybridized carbons (Fsp3) is 0.120. The quantitative estimate of drug-likeness (QED) is 0.430. The molecular formula is C25H21F3N2O3. The lowest BCUT2D eigenvalue weighted by molar-refractivity contribution is -0.137. The smallest absolute Gasteiger partial charge is 0.416 e. The van der Waals surface area contributed by atoms with E-state index in [-0.39, 0.29) is 11.3 Å². The van der Waals surface area contributed by atoms with Gasteiger partial charge in [-0.25, -0.2) is 0 Å². The molecule has 0 bridgehead atoms. The van der Waals surface area contributed by atoms with E-state index in [9.17, 15) is 22.8 Å². The van der Waals surface area contributed by atoms with Crippen LogP contribution in [0.2, 0.25) is 0 Å². The summed E-state index contributed by atoms with van der Waals surface area (Å²) in [4.78, 5) is 24.7. The Morgan fingerprint density at radius 3 is 2.24 bits per heavy atom. The summed E-state index contributed by atoms with van der Waals surface area (Å²) in [5, 5.41) is 5.09. The molecule has 3 rings (SSSR count). The number of hydrogen-bond acceptors (Lipinski definition) is 3.